The van der Waals surface area contributed by atoms with E-state index in [1.54, 1.807) is 60.8 Å². The fourth-order valence-electron chi connectivity index (χ4n) is 3.06. The lowest BCUT2D eigenvalue weighted by atomic mass is 10.1. The highest BCUT2D eigenvalue weighted by atomic mass is 32.2. The van der Waals surface area contributed by atoms with Crippen molar-refractivity contribution in [2.45, 2.75) is 30.0 Å². The van der Waals surface area contributed by atoms with Crippen LogP contribution in [0.1, 0.15) is 34.3 Å². The molecule has 2 aromatic carbocycles. The van der Waals surface area contributed by atoms with Gasteiger partial charge in [0.2, 0.25) is 5.88 Å². The van der Waals surface area contributed by atoms with Crippen LogP contribution in [-0.2, 0) is 22.1 Å². The highest BCUT2D eigenvalue weighted by Crippen LogP contribution is 2.29. The van der Waals surface area contributed by atoms with E-state index in [1.807, 2.05) is 12.1 Å². The molecule has 0 atom stereocenters. The second-order valence-corrected chi connectivity index (χ2v) is 9.70. The van der Waals surface area contributed by atoms with Gasteiger partial charge in [-0.1, -0.05) is 36.4 Å². The normalized spacial score (nSPS) is 13.5. The Kier molecular flexibility index (Phi) is 6.32. The summed E-state index contributed by atoms with van der Waals surface area (Å²) in [6.45, 7) is 1.06. The van der Waals surface area contributed by atoms with Gasteiger partial charge in [-0.2, -0.15) is 0 Å². The number of nitrogens with zero attached hydrogens (tertiary/aromatic N) is 1. The second kappa shape index (κ2) is 9.31. The molecular formula is C24H24N2O4S. The van der Waals surface area contributed by atoms with Crippen LogP contribution < -0.4 is 10.1 Å². The Balaban J connectivity index is 1.30. The molecule has 1 heterocycles. The van der Waals surface area contributed by atoms with Crippen molar-refractivity contribution in [2.24, 2.45) is 5.92 Å². The molecule has 1 aromatic heterocycles. The van der Waals surface area contributed by atoms with Crippen molar-refractivity contribution in [1.29, 1.82) is 0 Å². The van der Waals surface area contributed by atoms with Gasteiger partial charge in [-0.05, 0) is 54.2 Å². The molecule has 6 nitrogen and oxygen atoms in total. The number of amides is 1. The first-order valence-electron chi connectivity index (χ1n) is 10.2. The van der Waals surface area contributed by atoms with Crippen molar-refractivity contribution in [3.05, 3.63) is 89.6 Å². The fraction of sp³-hybridized carbons (Fsp3) is 0.250. The minimum Gasteiger partial charge on any atom is -0.477 e. The number of pyridine rings is 1. The van der Waals surface area contributed by atoms with Gasteiger partial charge < -0.3 is 10.1 Å². The monoisotopic (exact) mass is 436 g/mol. The Bertz CT molecular complexity index is 1120. The van der Waals surface area contributed by atoms with Crippen molar-refractivity contribution in [3.63, 3.8) is 0 Å². The highest BCUT2D eigenvalue weighted by Gasteiger charge is 2.22. The molecule has 1 aliphatic rings. The Morgan fingerprint density at radius 2 is 1.68 bits per heavy atom. The molecule has 0 aliphatic heterocycles. The van der Waals surface area contributed by atoms with Crippen LogP contribution in [0.3, 0.4) is 0 Å². The van der Waals surface area contributed by atoms with E-state index in [1.165, 1.54) is 12.8 Å². The summed E-state index contributed by atoms with van der Waals surface area (Å²) in [7, 11) is -3.42. The highest BCUT2D eigenvalue weighted by molar-refractivity contribution is 7.90. The number of hydrogen-bond donors (Lipinski definition) is 1. The predicted molar refractivity (Wildman–Crippen MR) is 117 cm³/mol. The molecule has 1 amide bonds. The number of carbonyl (C=O) groups is 1. The third kappa shape index (κ3) is 5.92. The van der Waals surface area contributed by atoms with Crippen LogP contribution in [0, 0.1) is 5.92 Å². The first-order valence-corrected chi connectivity index (χ1v) is 11.9. The molecular weight excluding hydrogens is 412 g/mol. The summed E-state index contributed by atoms with van der Waals surface area (Å²) < 4.78 is 30.6. The molecule has 1 aliphatic carbocycles. The average Bonchev–Trinajstić information content (AvgIpc) is 3.62. The van der Waals surface area contributed by atoms with E-state index in [0.717, 1.165) is 5.56 Å². The maximum absolute atomic E-state index is 12.5. The van der Waals surface area contributed by atoms with Crippen LogP contribution in [-0.4, -0.2) is 25.9 Å². The summed E-state index contributed by atoms with van der Waals surface area (Å²) in [5.74, 6) is 0.930. The van der Waals surface area contributed by atoms with E-state index in [9.17, 15) is 13.2 Å². The standard InChI is InChI=1S/C24H24N2O4S/c27-24(26-15-20-10-13-23(25-14-20)30-16-18-6-7-18)21-11-8-19(9-12-21)17-31(28,29)22-4-2-1-3-5-22/h1-5,8-14,18H,6-7,15-17H2,(H,26,27). The van der Waals surface area contributed by atoms with E-state index in [0.29, 0.717) is 36.1 Å². The van der Waals surface area contributed by atoms with E-state index < -0.39 is 9.84 Å². The SMILES string of the molecule is O=C(NCc1ccc(OCC2CC2)nc1)c1ccc(CS(=O)(=O)c2ccccc2)cc1. The van der Waals surface area contributed by atoms with Crippen LogP contribution in [0.15, 0.2) is 77.8 Å². The van der Waals surface area contributed by atoms with Crippen LogP contribution >= 0.6 is 0 Å². The maximum Gasteiger partial charge on any atom is 0.251 e. The van der Waals surface area contributed by atoms with Crippen molar-refractivity contribution in [3.8, 4) is 5.88 Å². The van der Waals surface area contributed by atoms with Gasteiger partial charge in [0.15, 0.2) is 9.84 Å². The van der Waals surface area contributed by atoms with E-state index >= 15 is 0 Å². The van der Waals surface area contributed by atoms with Crippen LogP contribution in [0.5, 0.6) is 5.88 Å². The number of carbonyl (C=O) groups excluding carboxylic acids is 1. The molecule has 0 radical (unpaired) electrons. The van der Waals surface area contributed by atoms with Gasteiger partial charge >= 0.3 is 0 Å². The summed E-state index contributed by atoms with van der Waals surface area (Å²) in [6.07, 6.45) is 4.15. The van der Waals surface area contributed by atoms with Gasteiger partial charge in [0, 0.05) is 24.4 Å². The zero-order valence-corrected chi connectivity index (χ0v) is 17.8. The first-order chi connectivity index (χ1) is 15.0. The van der Waals surface area contributed by atoms with E-state index in [2.05, 4.69) is 10.3 Å². The van der Waals surface area contributed by atoms with E-state index in [-0.39, 0.29) is 16.6 Å². The molecule has 1 fully saturated rings. The average molecular weight is 437 g/mol. The Labute approximate surface area is 182 Å². The molecule has 1 N–H and O–H groups in total. The zero-order valence-electron chi connectivity index (χ0n) is 17.0. The molecule has 0 bridgehead atoms. The molecule has 0 unspecified atom stereocenters. The number of hydrogen-bond acceptors (Lipinski definition) is 5. The Morgan fingerprint density at radius 3 is 2.32 bits per heavy atom. The third-order valence-electron chi connectivity index (χ3n) is 5.09. The fourth-order valence-corrected chi connectivity index (χ4v) is 4.43. The van der Waals surface area contributed by atoms with Crippen molar-refractivity contribution in [1.82, 2.24) is 10.3 Å². The molecule has 31 heavy (non-hydrogen) atoms. The van der Waals surface area contributed by atoms with Gasteiger partial charge in [-0.25, -0.2) is 13.4 Å². The molecule has 0 spiro atoms. The van der Waals surface area contributed by atoms with Gasteiger partial charge in [0.25, 0.3) is 5.91 Å². The Hall–Kier alpha value is -3.19. The Morgan fingerprint density at radius 1 is 0.968 bits per heavy atom. The largest absolute Gasteiger partial charge is 0.477 e. The summed E-state index contributed by atoms with van der Waals surface area (Å²) >= 11 is 0. The van der Waals surface area contributed by atoms with E-state index in [4.69, 9.17) is 4.74 Å². The lowest BCUT2D eigenvalue weighted by molar-refractivity contribution is 0.0951. The smallest absolute Gasteiger partial charge is 0.251 e. The summed E-state index contributed by atoms with van der Waals surface area (Å²) in [5, 5.41) is 2.85. The molecule has 1 saturated carbocycles. The van der Waals surface area contributed by atoms with Crippen molar-refractivity contribution < 1.29 is 17.9 Å². The maximum atomic E-state index is 12.5. The first kappa shape index (κ1) is 21.1. The topological polar surface area (TPSA) is 85.4 Å². The summed E-state index contributed by atoms with van der Waals surface area (Å²) in [6, 6.07) is 18.6. The van der Waals surface area contributed by atoms with Gasteiger partial charge in [-0.15, -0.1) is 0 Å². The number of nitrogens with one attached hydrogen (secondary N) is 1. The lowest BCUT2D eigenvalue weighted by Gasteiger charge is -2.08. The lowest BCUT2D eigenvalue weighted by Crippen LogP contribution is -2.22. The summed E-state index contributed by atoms with van der Waals surface area (Å²) in [5.41, 5.74) is 1.97. The molecule has 4 rings (SSSR count). The van der Waals surface area contributed by atoms with Crippen molar-refractivity contribution in [2.75, 3.05) is 6.61 Å². The van der Waals surface area contributed by atoms with Crippen LogP contribution in [0.4, 0.5) is 0 Å². The zero-order chi connectivity index (χ0) is 21.7. The minimum atomic E-state index is -3.42. The van der Waals surface area contributed by atoms with Gasteiger partial charge in [-0.3, -0.25) is 4.79 Å². The summed E-state index contributed by atoms with van der Waals surface area (Å²) in [4.78, 5) is 17.0. The van der Waals surface area contributed by atoms with Crippen LogP contribution in [0.25, 0.3) is 0 Å². The molecule has 0 saturated heterocycles. The van der Waals surface area contributed by atoms with Gasteiger partial charge in [0.1, 0.15) is 0 Å². The molecule has 3 aromatic rings. The van der Waals surface area contributed by atoms with Crippen LogP contribution in [0.2, 0.25) is 0 Å². The van der Waals surface area contributed by atoms with Crippen molar-refractivity contribution >= 4 is 15.7 Å². The molecule has 160 valence electrons. The molecule has 7 heteroatoms. The number of benzene rings is 2. The minimum absolute atomic E-state index is 0.111. The predicted octanol–water partition coefficient (Wildman–Crippen LogP) is 3.77. The second-order valence-electron chi connectivity index (χ2n) is 7.71. The van der Waals surface area contributed by atoms with Gasteiger partial charge in [0.05, 0.1) is 17.3 Å². The number of aromatic nitrogens is 1. The quantitative estimate of drug-likeness (QED) is 0.552. The number of rotatable bonds is 9. The number of ether oxygens (including phenoxy) is 1. The third-order valence-corrected chi connectivity index (χ3v) is 6.79. The number of sulfone groups is 1.